The zero-order valence-electron chi connectivity index (χ0n) is 19.1. The summed E-state index contributed by atoms with van der Waals surface area (Å²) in [5, 5.41) is 2.20. The van der Waals surface area contributed by atoms with Crippen LogP contribution in [0.1, 0.15) is 77.1 Å². The maximum absolute atomic E-state index is 13.1. The van der Waals surface area contributed by atoms with Crippen molar-refractivity contribution in [2.75, 3.05) is 6.54 Å². The molecule has 7 heteroatoms. The van der Waals surface area contributed by atoms with Gasteiger partial charge in [-0.15, -0.1) is 11.8 Å². The molecule has 0 aliphatic carbocycles. The smallest absolute Gasteiger partial charge is 0.252 e. The predicted molar refractivity (Wildman–Crippen MR) is 123 cm³/mol. The third kappa shape index (κ3) is 5.73. The number of aromatic nitrogens is 1. The second-order valence-electron chi connectivity index (χ2n) is 8.66. The quantitative estimate of drug-likeness (QED) is 0.462. The third-order valence-electron chi connectivity index (χ3n) is 5.09. The summed E-state index contributed by atoms with van der Waals surface area (Å²) in [6.45, 7) is 12.2. The van der Waals surface area contributed by atoms with E-state index in [2.05, 4.69) is 10.3 Å². The topological polar surface area (TPSA) is 96.1 Å². The van der Waals surface area contributed by atoms with Gasteiger partial charge in [0, 0.05) is 21.6 Å². The highest BCUT2D eigenvalue weighted by Gasteiger charge is 2.26. The van der Waals surface area contributed by atoms with Gasteiger partial charge in [-0.2, -0.15) is 0 Å². The van der Waals surface area contributed by atoms with E-state index < -0.39 is 10.7 Å². The van der Waals surface area contributed by atoms with Gasteiger partial charge >= 0.3 is 0 Å². The minimum absolute atomic E-state index is 0.0510. The summed E-state index contributed by atoms with van der Waals surface area (Å²) in [5.41, 5.74) is 2.16. The Morgan fingerprint density at radius 3 is 2.26 bits per heavy atom. The van der Waals surface area contributed by atoms with Crippen LogP contribution in [0.2, 0.25) is 0 Å². The van der Waals surface area contributed by atoms with Gasteiger partial charge in [0.25, 0.3) is 5.91 Å². The standard InChI is InChI=1S/C24H30N2O4S/c1-13-20(15(3)27)14(2)26-21(13)22(29)16(4)31-18-11-9-8-10-17(18)23(30)25-12-19(28)24(5,6)7/h8-11,16,26H,12H2,1-7H3,(H,25,30). The normalized spacial score (nSPS) is 12.4. The molecule has 0 fully saturated rings. The van der Waals surface area contributed by atoms with Crippen LogP contribution in [0.3, 0.4) is 0 Å². The van der Waals surface area contributed by atoms with Gasteiger partial charge in [-0.05, 0) is 45.4 Å². The summed E-state index contributed by atoms with van der Waals surface area (Å²) in [4.78, 5) is 53.4. The van der Waals surface area contributed by atoms with Crippen molar-refractivity contribution < 1.29 is 19.2 Å². The lowest BCUT2D eigenvalue weighted by Crippen LogP contribution is -2.35. The van der Waals surface area contributed by atoms with Crippen LogP contribution < -0.4 is 5.32 Å². The summed E-state index contributed by atoms with van der Waals surface area (Å²) in [6, 6.07) is 7.00. The van der Waals surface area contributed by atoms with Crippen molar-refractivity contribution in [1.82, 2.24) is 10.3 Å². The molecule has 2 N–H and O–H groups in total. The molecule has 6 nitrogen and oxygen atoms in total. The Kier molecular flexibility index (Phi) is 7.65. The molecule has 1 atom stereocenters. The number of benzene rings is 1. The lowest BCUT2D eigenvalue weighted by molar-refractivity contribution is -0.125. The second kappa shape index (κ2) is 9.64. The van der Waals surface area contributed by atoms with Crippen LogP contribution in [0.5, 0.6) is 0 Å². The summed E-state index contributed by atoms with van der Waals surface area (Å²) in [5.74, 6) is -0.645. The molecule has 0 saturated carbocycles. The Morgan fingerprint density at radius 2 is 1.71 bits per heavy atom. The Hall–Kier alpha value is -2.67. The maximum atomic E-state index is 13.1. The van der Waals surface area contributed by atoms with Crippen LogP contribution in [-0.4, -0.2) is 40.0 Å². The number of rotatable bonds is 8. The number of amides is 1. The van der Waals surface area contributed by atoms with Crippen molar-refractivity contribution in [1.29, 1.82) is 0 Å². The minimum atomic E-state index is -0.534. The fourth-order valence-electron chi connectivity index (χ4n) is 3.25. The molecule has 2 rings (SSSR count). The number of hydrogen-bond acceptors (Lipinski definition) is 5. The van der Waals surface area contributed by atoms with E-state index in [-0.39, 0.29) is 29.8 Å². The minimum Gasteiger partial charge on any atom is -0.355 e. The number of carbonyl (C=O) groups is 4. The summed E-state index contributed by atoms with van der Waals surface area (Å²) in [7, 11) is 0. The Balaban J connectivity index is 2.19. The monoisotopic (exact) mass is 442 g/mol. The number of nitrogens with one attached hydrogen (secondary N) is 2. The van der Waals surface area contributed by atoms with Gasteiger partial charge in [0.15, 0.2) is 17.3 Å². The van der Waals surface area contributed by atoms with E-state index in [9.17, 15) is 19.2 Å². The van der Waals surface area contributed by atoms with Crippen LogP contribution in [0, 0.1) is 19.3 Å². The maximum Gasteiger partial charge on any atom is 0.252 e. The van der Waals surface area contributed by atoms with Crippen molar-refractivity contribution in [3.63, 3.8) is 0 Å². The van der Waals surface area contributed by atoms with Gasteiger partial charge in [-0.3, -0.25) is 19.2 Å². The SMILES string of the molecule is CC(=O)c1c(C)[nH]c(C(=O)C(C)Sc2ccccc2C(=O)NCC(=O)C(C)(C)C)c1C. The summed E-state index contributed by atoms with van der Waals surface area (Å²) < 4.78 is 0. The number of hydrogen-bond donors (Lipinski definition) is 2. The fraction of sp³-hybridized carbons (Fsp3) is 0.417. The molecule has 2 aromatic rings. The van der Waals surface area contributed by atoms with Crippen LogP contribution >= 0.6 is 11.8 Å². The predicted octanol–water partition coefficient (Wildman–Crippen LogP) is 4.54. The first-order valence-electron chi connectivity index (χ1n) is 10.2. The number of thioether (sulfide) groups is 1. The molecule has 166 valence electrons. The average Bonchev–Trinajstić information content (AvgIpc) is 2.98. The van der Waals surface area contributed by atoms with Gasteiger partial charge < -0.3 is 10.3 Å². The van der Waals surface area contributed by atoms with Crippen LogP contribution in [0.15, 0.2) is 29.2 Å². The van der Waals surface area contributed by atoms with Crippen molar-refractivity contribution >= 4 is 35.0 Å². The fourth-order valence-corrected chi connectivity index (χ4v) is 4.30. The molecule has 31 heavy (non-hydrogen) atoms. The molecule has 1 amide bonds. The first-order chi connectivity index (χ1) is 14.3. The molecule has 0 spiro atoms. The lowest BCUT2D eigenvalue weighted by atomic mass is 9.91. The van der Waals surface area contributed by atoms with Gasteiger partial charge in [-0.1, -0.05) is 32.9 Å². The van der Waals surface area contributed by atoms with E-state index >= 15 is 0 Å². The number of carbonyl (C=O) groups excluding carboxylic acids is 4. The summed E-state index contributed by atoms with van der Waals surface area (Å²) >= 11 is 1.27. The Morgan fingerprint density at radius 1 is 1.10 bits per heavy atom. The van der Waals surface area contributed by atoms with Gasteiger partial charge in [-0.25, -0.2) is 0 Å². The van der Waals surface area contributed by atoms with E-state index in [0.717, 1.165) is 0 Å². The molecule has 1 aromatic carbocycles. The molecule has 1 heterocycles. The molecule has 1 aromatic heterocycles. The molecule has 0 saturated heterocycles. The highest BCUT2D eigenvalue weighted by molar-refractivity contribution is 8.00. The molecule has 0 aliphatic rings. The van der Waals surface area contributed by atoms with E-state index in [4.69, 9.17) is 0 Å². The van der Waals surface area contributed by atoms with E-state index in [0.29, 0.717) is 33.0 Å². The van der Waals surface area contributed by atoms with Crippen molar-refractivity contribution in [2.24, 2.45) is 5.41 Å². The highest BCUT2D eigenvalue weighted by atomic mass is 32.2. The lowest BCUT2D eigenvalue weighted by Gasteiger charge is -2.17. The van der Waals surface area contributed by atoms with E-state index in [1.54, 1.807) is 65.8 Å². The zero-order chi connectivity index (χ0) is 23.5. The van der Waals surface area contributed by atoms with Crippen LogP contribution in [-0.2, 0) is 4.79 Å². The molecular formula is C24H30N2O4S. The molecule has 0 bridgehead atoms. The average molecular weight is 443 g/mol. The van der Waals surface area contributed by atoms with E-state index in [1.165, 1.54) is 18.7 Å². The Labute approximate surface area is 187 Å². The highest BCUT2D eigenvalue weighted by Crippen LogP contribution is 2.30. The first-order valence-corrected chi connectivity index (χ1v) is 11.0. The first kappa shape index (κ1) is 24.6. The van der Waals surface area contributed by atoms with Gasteiger partial charge in [0.05, 0.1) is 23.1 Å². The molecular weight excluding hydrogens is 412 g/mol. The van der Waals surface area contributed by atoms with Gasteiger partial charge in [0.1, 0.15) is 0 Å². The van der Waals surface area contributed by atoms with Gasteiger partial charge in [0.2, 0.25) is 0 Å². The number of aromatic amines is 1. The largest absolute Gasteiger partial charge is 0.355 e. The van der Waals surface area contributed by atoms with Crippen molar-refractivity contribution in [3.05, 3.63) is 52.3 Å². The van der Waals surface area contributed by atoms with Crippen molar-refractivity contribution in [3.8, 4) is 0 Å². The second-order valence-corrected chi connectivity index (χ2v) is 10.0. The van der Waals surface area contributed by atoms with Crippen LogP contribution in [0.25, 0.3) is 0 Å². The molecule has 0 aliphatic heterocycles. The Bertz CT molecular complexity index is 1030. The number of ketones is 3. The summed E-state index contributed by atoms with van der Waals surface area (Å²) in [6.07, 6.45) is 0. The third-order valence-corrected chi connectivity index (χ3v) is 6.26. The van der Waals surface area contributed by atoms with E-state index in [1.807, 2.05) is 0 Å². The number of H-pyrrole nitrogens is 1. The number of aryl methyl sites for hydroxylation is 1. The zero-order valence-corrected chi connectivity index (χ0v) is 20.0. The molecule has 1 unspecified atom stereocenters. The van der Waals surface area contributed by atoms with Crippen LogP contribution in [0.4, 0.5) is 0 Å². The van der Waals surface area contributed by atoms with Crippen molar-refractivity contribution in [2.45, 2.75) is 58.6 Å². The number of Topliss-reactive ketones (excluding diaryl/α,β-unsaturated/α-hetero) is 3. The molecule has 0 radical (unpaired) electrons.